The Morgan fingerprint density at radius 1 is 1.39 bits per heavy atom. The highest BCUT2D eigenvalue weighted by molar-refractivity contribution is 7.16. The maximum absolute atomic E-state index is 11.6. The Balaban J connectivity index is 2.08. The predicted octanol–water partition coefficient (Wildman–Crippen LogP) is 1.85. The van der Waals surface area contributed by atoms with Gasteiger partial charge in [-0.25, -0.2) is 9.97 Å². The van der Waals surface area contributed by atoms with Gasteiger partial charge < -0.3 is 5.73 Å². The van der Waals surface area contributed by atoms with E-state index in [1.165, 1.54) is 22.7 Å². The van der Waals surface area contributed by atoms with E-state index in [9.17, 15) is 4.79 Å². The summed E-state index contributed by atoms with van der Waals surface area (Å²) in [6, 6.07) is 1.90. The number of aromatic nitrogens is 3. The summed E-state index contributed by atoms with van der Waals surface area (Å²) >= 11 is 2.70. The lowest BCUT2D eigenvalue weighted by Gasteiger charge is -2.04. The van der Waals surface area contributed by atoms with E-state index in [0.717, 1.165) is 15.9 Å². The summed E-state index contributed by atoms with van der Waals surface area (Å²) in [4.78, 5) is 21.2. The molecule has 0 saturated carbocycles. The first-order valence-corrected chi connectivity index (χ1v) is 7.05. The molecule has 0 fully saturated rings. The van der Waals surface area contributed by atoms with Gasteiger partial charge in [0.2, 0.25) is 0 Å². The van der Waals surface area contributed by atoms with Crippen LogP contribution in [0.1, 0.15) is 11.5 Å². The van der Waals surface area contributed by atoms with Crippen molar-refractivity contribution in [1.82, 2.24) is 14.5 Å². The summed E-state index contributed by atoms with van der Waals surface area (Å²) in [6.07, 6.45) is 0. The van der Waals surface area contributed by atoms with Gasteiger partial charge in [0.05, 0.1) is 11.9 Å². The molecule has 0 atom stereocenters. The number of hydrogen-bond acceptors (Lipinski definition) is 6. The average Bonchev–Trinajstić information content (AvgIpc) is 2.91. The topological polar surface area (TPSA) is 73.8 Å². The number of nitrogens with zero attached hydrogens (tertiary/aromatic N) is 3. The first-order chi connectivity index (χ1) is 8.65. The standard InChI is InChI=1S/C11H10N4OS2/c1-6-5-18-11(16)15(6)4-8-13-9(12)7-2-3-17-10(7)14-8/h2-3,5H,4H2,1H3,(H2,12,13,14). The number of nitrogens with two attached hydrogens (primary N) is 1. The van der Waals surface area contributed by atoms with Crippen LogP contribution in [0.5, 0.6) is 0 Å². The van der Waals surface area contributed by atoms with Crippen molar-refractivity contribution in [1.29, 1.82) is 0 Å². The highest BCUT2D eigenvalue weighted by Crippen LogP contribution is 2.23. The molecule has 0 amide bonds. The molecule has 3 aromatic heterocycles. The molecule has 0 saturated heterocycles. The third-order valence-electron chi connectivity index (χ3n) is 2.68. The van der Waals surface area contributed by atoms with Gasteiger partial charge in [0.1, 0.15) is 10.6 Å². The number of aryl methyl sites for hydroxylation is 1. The molecule has 92 valence electrons. The molecule has 0 bridgehead atoms. The maximum atomic E-state index is 11.6. The van der Waals surface area contributed by atoms with Gasteiger partial charge in [-0.1, -0.05) is 11.3 Å². The van der Waals surface area contributed by atoms with E-state index < -0.39 is 0 Å². The Morgan fingerprint density at radius 3 is 2.94 bits per heavy atom. The summed E-state index contributed by atoms with van der Waals surface area (Å²) < 4.78 is 1.65. The first-order valence-electron chi connectivity index (χ1n) is 5.29. The van der Waals surface area contributed by atoms with Crippen LogP contribution >= 0.6 is 22.7 Å². The van der Waals surface area contributed by atoms with Crippen molar-refractivity contribution < 1.29 is 0 Å². The minimum absolute atomic E-state index is 0.000878. The van der Waals surface area contributed by atoms with E-state index in [1.807, 2.05) is 23.8 Å². The van der Waals surface area contributed by atoms with Gasteiger partial charge >= 0.3 is 4.87 Å². The van der Waals surface area contributed by atoms with Crippen LogP contribution in [0.4, 0.5) is 5.82 Å². The monoisotopic (exact) mass is 278 g/mol. The van der Waals surface area contributed by atoms with Gasteiger partial charge in [-0.2, -0.15) is 0 Å². The number of anilines is 1. The van der Waals surface area contributed by atoms with E-state index in [4.69, 9.17) is 5.73 Å². The second-order valence-electron chi connectivity index (χ2n) is 3.89. The fourth-order valence-electron chi connectivity index (χ4n) is 1.73. The Labute approximate surface area is 111 Å². The van der Waals surface area contributed by atoms with Crippen LogP contribution < -0.4 is 10.6 Å². The third kappa shape index (κ3) is 1.81. The number of fused-ring (bicyclic) bond motifs is 1. The van der Waals surface area contributed by atoms with Crippen LogP contribution in [0, 0.1) is 6.92 Å². The largest absolute Gasteiger partial charge is 0.383 e. The van der Waals surface area contributed by atoms with Crippen molar-refractivity contribution in [2.75, 3.05) is 5.73 Å². The molecule has 3 aromatic rings. The number of thiazole rings is 1. The van der Waals surface area contributed by atoms with Gasteiger partial charge in [0, 0.05) is 11.1 Å². The number of hydrogen-bond donors (Lipinski definition) is 1. The lowest BCUT2D eigenvalue weighted by molar-refractivity contribution is 0.717. The van der Waals surface area contributed by atoms with E-state index in [-0.39, 0.29) is 4.87 Å². The Hall–Kier alpha value is -1.73. The molecular weight excluding hydrogens is 268 g/mol. The third-order valence-corrected chi connectivity index (χ3v) is 4.36. The number of nitrogen functional groups attached to an aromatic ring is 1. The molecule has 0 unspecified atom stereocenters. The quantitative estimate of drug-likeness (QED) is 0.776. The first kappa shape index (κ1) is 11.4. The van der Waals surface area contributed by atoms with Crippen molar-refractivity contribution in [3.8, 4) is 0 Å². The highest BCUT2D eigenvalue weighted by atomic mass is 32.1. The average molecular weight is 278 g/mol. The molecule has 3 heterocycles. The summed E-state index contributed by atoms with van der Waals surface area (Å²) in [6.45, 7) is 2.26. The number of rotatable bonds is 2. The lowest BCUT2D eigenvalue weighted by Crippen LogP contribution is -2.17. The smallest absolute Gasteiger partial charge is 0.307 e. The molecule has 0 spiro atoms. The number of thiophene rings is 1. The van der Waals surface area contributed by atoms with Gasteiger partial charge in [0.15, 0.2) is 5.82 Å². The zero-order valence-electron chi connectivity index (χ0n) is 9.58. The zero-order chi connectivity index (χ0) is 12.7. The van der Waals surface area contributed by atoms with Crippen LogP contribution in [-0.2, 0) is 6.54 Å². The van der Waals surface area contributed by atoms with Gasteiger partial charge in [0.25, 0.3) is 0 Å². The lowest BCUT2D eigenvalue weighted by atomic mass is 10.4. The minimum atomic E-state index is 0.000878. The van der Waals surface area contributed by atoms with E-state index in [1.54, 1.807) is 4.57 Å². The minimum Gasteiger partial charge on any atom is -0.383 e. The molecule has 18 heavy (non-hydrogen) atoms. The van der Waals surface area contributed by atoms with Crippen molar-refractivity contribution in [2.45, 2.75) is 13.5 Å². The summed E-state index contributed by atoms with van der Waals surface area (Å²) in [5.74, 6) is 1.04. The summed E-state index contributed by atoms with van der Waals surface area (Å²) in [5.41, 5.74) is 6.79. The molecule has 5 nitrogen and oxygen atoms in total. The SMILES string of the molecule is Cc1csc(=O)n1Cc1nc(N)c2ccsc2n1. The Morgan fingerprint density at radius 2 is 2.22 bits per heavy atom. The van der Waals surface area contributed by atoms with Gasteiger partial charge in [-0.3, -0.25) is 9.36 Å². The second kappa shape index (κ2) is 4.18. The predicted molar refractivity (Wildman–Crippen MR) is 74.2 cm³/mol. The van der Waals surface area contributed by atoms with Crippen LogP contribution in [0.25, 0.3) is 10.2 Å². The molecule has 2 N–H and O–H groups in total. The molecule has 0 aliphatic rings. The maximum Gasteiger partial charge on any atom is 0.307 e. The molecular formula is C11H10N4OS2. The van der Waals surface area contributed by atoms with Gasteiger partial charge in [-0.05, 0) is 18.4 Å². The summed E-state index contributed by atoms with van der Waals surface area (Å²) in [7, 11) is 0. The summed E-state index contributed by atoms with van der Waals surface area (Å²) in [5, 5.41) is 4.63. The van der Waals surface area contributed by atoms with Crippen molar-refractivity contribution >= 4 is 38.7 Å². The van der Waals surface area contributed by atoms with Crippen molar-refractivity contribution in [2.24, 2.45) is 0 Å². The second-order valence-corrected chi connectivity index (χ2v) is 5.61. The highest BCUT2D eigenvalue weighted by Gasteiger charge is 2.09. The van der Waals surface area contributed by atoms with Crippen LogP contribution in [0.15, 0.2) is 21.6 Å². The Kier molecular flexibility index (Phi) is 2.64. The molecule has 0 aliphatic heterocycles. The zero-order valence-corrected chi connectivity index (χ0v) is 11.2. The molecule has 0 radical (unpaired) electrons. The van der Waals surface area contributed by atoms with E-state index in [0.29, 0.717) is 18.2 Å². The van der Waals surface area contributed by atoms with Crippen LogP contribution in [0.3, 0.4) is 0 Å². The molecule has 3 rings (SSSR count). The van der Waals surface area contributed by atoms with Crippen LogP contribution in [0.2, 0.25) is 0 Å². The normalized spacial score (nSPS) is 11.2. The Bertz CT molecular complexity index is 771. The fourth-order valence-corrected chi connectivity index (χ4v) is 3.26. The van der Waals surface area contributed by atoms with Crippen molar-refractivity contribution in [3.05, 3.63) is 38.0 Å². The van der Waals surface area contributed by atoms with Crippen molar-refractivity contribution in [3.63, 3.8) is 0 Å². The van der Waals surface area contributed by atoms with Crippen LogP contribution in [-0.4, -0.2) is 14.5 Å². The van der Waals surface area contributed by atoms with Gasteiger partial charge in [-0.15, -0.1) is 11.3 Å². The van der Waals surface area contributed by atoms with E-state index >= 15 is 0 Å². The molecule has 0 aliphatic carbocycles. The van der Waals surface area contributed by atoms with E-state index in [2.05, 4.69) is 9.97 Å². The fraction of sp³-hybridized carbons (Fsp3) is 0.182. The molecule has 7 heteroatoms. The molecule has 0 aromatic carbocycles.